The minimum atomic E-state index is -0.516. The molecule has 20 heavy (non-hydrogen) atoms. The fourth-order valence-corrected chi connectivity index (χ4v) is 2.24. The van der Waals surface area contributed by atoms with Crippen LogP contribution in [-0.4, -0.2) is 26.6 Å². The number of hydrogen-bond acceptors (Lipinski definition) is 4. The van der Waals surface area contributed by atoms with Gasteiger partial charge in [0.2, 0.25) is 0 Å². The van der Waals surface area contributed by atoms with Crippen LogP contribution in [0.15, 0.2) is 6.33 Å². The SMILES string of the molecule is CCCCCCC(C(C)O)n1cnc(C(=N)N)c1N.Cl. The van der Waals surface area contributed by atoms with E-state index in [0.717, 1.165) is 19.3 Å². The first-order chi connectivity index (χ1) is 8.99. The summed E-state index contributed by atoms with van der Waals surface area (Å²) in [5, 5.41) is 17.3. The van der Waals surface area contributed by atoms with Gasteiger partial charge in [0.25, 0.3) is 0 Å². The van der Waals surface area contributed by atoms with E-state index < -0.39 is 6.10 Å². The summed E-state index contributed by atoms with van der Waals surface area (Å²) in [5.74, 6) is 0.209. The van der Waals surface area contributed by atoms with Crippen molar-refractivity contribution < 1.29 is 5.11 Å². The number of rotatable bonds is 8. The molecule has 6 nitrogen and oxygen atoms in total. The van der Waals surface area contributed by atoms with Crippen molar-refractivity contribution in [2.75, 3.05) is 5.73 Å². The number of nitrogens with two attached hydrogens (primary N) is 2. The fraction of sp³-hybridized carbons (Fsp3) is 0.692. The van der Waals surface area contributed by atoms with Gasteiger partial charge in [-0.2, -0.15) is 0 Å². The number of aromatic nitrogens is 2. The van der Waals surface area contributed by atoms with E-state index in [0.29, 0.717) is 11.5 Å². The summed E-state index contributed by atoms with van der Waals surface area (Å²) in [6.45, 7) is 3.91. The van der Waals surface area contributed by atoms with E-state index in [2.05, 4.69) is 11.9 Å². The van der Waals surface area contributed by atoms with Gasteiger partial charge in [-0.25, -0.2) is 4.98 Å². The molecule has 1 rings (SSSR count). The first-order valence-corrected chi connectivity index (χ1v) is 6.83. The highest BCUT2D eigenvalue weighted by molar-refractivity contribution is 5.97. The van der Waals surface area contributed by atoms with Crippen LogP contribution >= 0.6 is 12.4 Å². The molecule has 6 N–H and O–H groups in total. The molecule has 0 aliphatic heterocycles. The lowest BCUT2D eigenvalue weighted by atomic mass is 10.0. The van der Waals surface area contributed by atoms with Crippen LogP contribution in [0.5, 0.6) is 0 Å². The minimum absolute atomic E-state index is 0. The number of aliphatic hydroxyl groups excluding tert-OH is 1. The standard InChI is InChI=1S/C13H25N5O.ClH/c1-3-4-5-6-7-10(9(2)19)18-8-17-11(12(14)15)13(18)16;/h8-10,19H,3-7,16H2,1-2H3,(H3,14,15);1H. The van der Waals surface area contributed by atoms with Crippen LogP contribution in [-0.2, 0) is 0 Å². The largest absolute Gasteiger partial charge is 0.391 e. The van der Waals surface area contributed by atoms with E-state index >= 15 is 0 Å². The minimum Gasteiger partial charge on any atom is -0.391 e. The van der Waals surface area contributed by atoms with Crippen LogP contribution in [0.1, 0.15) is 57.7 Å². The number of amidine groups is 1. The normalized spacial score (nSPS) is 13.6. The third-order valence-electron chi connectivity index (χ3n) is 3.35. The van der Waals surface area contributed by atoms with Crippen LogP contribution in [0.25, 0.3) is 0 Å². The summed E-state index contributed by atoms with van der Waals surface area (Å²) in [7, 11) is 0. The average Bonchev–Trinajstić information content (AvgIpc) is 2.71. The summed E-state index contributed by atoms with van der Waals surface area (Å²) in [6.07, 6.45) is 6.45. The molecule has 116 valence electrons. The van der Waals surface area contributed by atoms with E-state index in [1.54, 1.807) is 17.8 Å². The summed E-state index contributed by atoms with van der Waals surface area (Å²) < 4.78 is 1.73. The van der Waals surface area contributed by atoms with Gasteiger partial charge in [0.15, 0.2) is 0 Å². The van der Waals surface area contributed by atoms with Crippen LogP contribution in [0.4, 0.5) is 5.82 Å². The number of unbranched alkanes of at least 4 members (excludes halogenated alkanes) is 3. The van der Waals surface area contributed by atoms with E-state index in [1.165, 1.54) is 12.8 Å². The molecule has 0 saturated carbocycles. The third kappa shape index (κ3) is 4.68. The van der Waals surface area contributed by atoms with Crippen LogP contribution in [0.2, 0.25) is 0 Å². The number of nitrogen functional groups attached to an aromatic ring is 2. The molecular weight excluding hydrogens is 278 g/mol. The monoisotopic (exact) mass is 303 g/mol. The summed E-state index contributed by atoms with van der Waals surface area (Å²) in [5.41, 5.74) is 11.6. The number of anilines is 1. The maximum Gasteiger partial charge on any atom is 0.146 e. The predicted molar refractivity (Wildman–Crippen MR) is 84.4 cm³/mol. The Labute approximate surface area is 126 Å². The van der Waals surface area contributed by atoms with Gasteiger partial charge in [0.1, 0.15) is 17.3 Å². The van der Waals surface area contributed by atoms with Crippen molar-refractivity contribution in [2.45, 2.75) is 58.1 Å². The summed E-state index contributed by atoms with van der Waals surface area (Å²) in [4.78, 5) is 4.04. The quantitative estimate of drug-likeness (QED) is 0.334. The molecule has 0 spiro atoms. The Bertz CT molecular complexity index is 419. The highest BCUT2D eigenvalue weighted by atomic mass is 35.5. The molecule has 0 aliphatic carbocycles. The molecule has 0 bridgehead atoms. The van der Waals surface area contributed by atoms with Crippen molar-refractivity contribution in [3.8, 4) is 0 Å². The predicted octanol–water partition coefficient (Wildman–Crippen LogP) is 2.06. The Balaban J connectivity index is 0.00000361. The van der Waals surface area contributed by atoms with E-state index in [4.69, 9.17) is 16.9 Å². The first-order valence-electron chi connectivity index (χ1n) is 6.83. The second-order valence-corrected chi connectivity index (χ2v) is 4.96. The van der Waals surface area contributed by atoms with Crippen molar-refractivity contribution in [3.63, 3.8) is 0 Å². The Kier molecular flexibility index (Phi) is 8.25. The Morgan fingerprint density at radius 1 is 1.45 bits per heavy atom. The Morgan fingerprint density at radius 3 is 2.55 bits per heavy atom. The van der Waals surface area contributed by atoms with Gasteiger partial charge >= 0.3 is 0 Å². The molecular formula is C13H26ClN5O. The zero-order valence-corrected chi connectivity index (χ0v) is 13.0. The molecule has 0 fully saturated rings. The maximum absolute atomic E-state index is 9.91. The van der Waals surface area contributed by atoms with Gasteiger partial charge in [-0.05, 0) is 13.3 Å². The van der Waals surface area contributed by atoms with Crippen LogP contribution in [0.3, 0.4) is 0 Å². The van der Waals surface area contributed by atoms with Gasteiger partial charge in [0.05, 0.1) is 18.5 Å². The van der Waals surface area contributed by atoms with Crippen molar-refractivity contribution in [1.29, 1.82) is 5.41 Å². The molecule has 1 aromatic heterocycles. The van der Waals surface area contributed by atoms with Gasteiger partial charge < -0.3 is 21.1 Å². The summed E-state index contributed by atoms with van der Waals surface area (Å²) in [6, 6.07) is -0.113. The van der Waals surface area contributed by atoms with E-state index in [-0.39, 0.29) is 24.3 Å². The van der Waals surface area contributed by atoms with E-state index in [1.807, 2.05) is 0 Å². The number of hydrogen-bond donors (Lipinski definition) is 4. The first kappa shape index (κ1) is 18.7. The van der Waals surface area contributed by atoms with Gasteiger partial charge in [-0.1, -0.05) is 32.6 Å². The Morgan fingerprint density at radius 2 is 2.10 bits per heavy atom. The zero-order valence-electron chi connectivity index (χ0n) is 12.2. The van der Waals surface area contributed by atoms with E-state index in [9.17, 15) is 5.11 Å². The lowest BCUT2D eigenvalue weighted by Gasteiger charge is -2.22. The number of imidazole rings is 1. The number of halogens is 1. The topological polar surface area (TPSA) is 114 Å². The molecule has 2 unspecified atom stereocenters. The second kappa shape index (κ2) is 8.81. The van der Waals surface area contributed by atoms with Crippen molar-refractivity contribution in [2.24, 2.45) is 5.73 Å². The fourth-order valence-electron chi connectivity index (χ4n) is 2.24. The lowest BCUT2D eigenvalue weighted by molar-refractivity contribution is 0.124. The maximum atomic E-state index is 9.91. The molecule has 1 heterocycles. The van der Waals surface area contributed by atoms with Crippen molar-refractivity contribution in [3.05, 3.63) is 12.0 Å². The second-order valence-electron chi connectivity index (χ2n) is 4.96. The van der Waals surface area contributed by atoms with Gasteiger partial charge in [0, 0.05) is 0 Å². The van der Waals surface area contributed by atoms with Crippen LogP contribution in [0, 0.1) is 5.41 Å². The molecule has 7 heteroatoms. The van der Waals surface area contributed by atoms with Gasteiger partial charge in [-0.3, -0.25) is 5.41 Å². The molecule has 2 atom stereocenters. The highest BCUT2D eigenvalue weighted by Crippen LogP contribution is 2.24. The van der Waals surface area contributed by atoms with Crippen molar-refractivity contribution in [1.82, 2.24) is 9.55 Å². The number of aliphatic hydroxyl groups is 1. The Hall–Kier alpha value is -1.27. The van der Waals surface area contributed by atoms with Crippen molar-refractivity contribution >= 4 is 24.1 Å². The molecule has 0 radical (unpaired) electrons. The molecule has 1 aromatic rings. The third-order valence-corrected chi connectivity index (χ3v) is 3.35. The molecule has 0 aromatic carbocycles. The smallest absolute Gasteiger partial charge is 0.146 e. The number of nitrogens with one attached hydrogen (secondary N) is 1. The number of nitrogens with zero attached hydrogens (tertiary/aromatic N) is 2. The summed E-state index contributed by atoms with van der Waals surface area (Å²) >= 11 is 0. The lowest BCUT2D eigenvalue weighted by Crippen LogP contribution is -2.23. The van der Waals surface area contributed by atoms with Gasteiger partial charge in [-0.15, -0.1) is 12.4 Å². The zero-order chi connectivity index (χ0) is 14.4. The molecule has 0 amide bonds. The highest BCUT2D eigenvalue weighted by Gasteiger charge is 2.21. The van der Waals surface area contributed by atoms with Crippen LogP contribution < -0.4 is 11.5 Å². The molecule has 0 aliphatic rings. The average molecular weight is 304 g/mol. The molecule has 0 saturated heterocycles.